The lowest BCUT2D eigenvalue weighted by molar-refractivity contribution is -0.117. The SMILES string of the molecule is Cc1ccc(Cl)cc1NC(=O)[C@H](C)NS(=O)(=O)c1ccccc1. The predicted molar refractivity (Wildman–Crippen MR) is 91.0 cm³/mol. The molecule has 0 aromatic heterocycles. The highest BCUT2D eigenvalue weighted by Gasteiger charge is 2.22. The maximum atomic E-state index is 12.2. The minimum Gasteiger partial charge on any atom is -0.324 e. The molecule has 0 radical (unpaired) electrons. The Kier molecular flexibility index (Phi) is 5.41. The van der Waals surface area contributed by atoms with Crippen LogP contribution in [0.15, 0.2) is 53.4 Å². The number of benzene rings is 2. The number of anilines is 1. The van der Waals surface area contributed by atoms with E-state index >= 15 is 0 Å². The molecule has 1 amide bonds. The molecule has 7 heteroatoms. The first-order valence-electron chi connectivity index (χ1n) is 6.94. The lowest BCUT2D eigenvalue weighted by Crippen LogP contribution is -2.41. The minimum absolute atomic E-state index is 0.110. The lowest BCUT2D eigenvalue weighted by Gasteiger charge is -2.15. The van der Waals surface area contributed by atoms with Gasteiger partial charge in [0.05, 0.1) is 10.9 Å². The van der Waals surface area contributed by atoms with Crippen molar-refractivity contribution in [2.24, 2.45) is 0 Å². The standard InChI is InChI=1S/C16H17ClN2O3S/c1-11-8-9-13(17)10-15(11)18-16(20)12(2)19-23(21,22)14-6-4-3-5-7-14/h3-10,12,19H,1-2H3,(H,18,20)/t12-/m0/s1. The molecule has 0 aliphatic rings. The second kappa shape index (κ2) is 7.12. The van der Waals surface area contributed by atoms with Crippen LogP contribution in [0.2, 0.25) is 5.02 Å². The molecule has 0 fully saturated rings. The van der Waals surface area contributed by atoms with E-state index < -0.39 is 22.0 Å². The highest BCUT2D eigenvalue weighted by Crippen LogP contribution is 2.20. The van der Waals surface area contributed by atoms with Crippen LogP contribution in [-0.2, 0) is 14.8 Å². The van der Waals surface area contributed by atoms with Gasteiger partial charge in [-0.25, -0.2) is 8.42 Å². The van der Waals surface area contributed by atoms with Crippen molar-refractivity contribution in [1.82, 2.24) is 4.72 Å². The molecule has 1 atom stereocenters. The van der Waals surface area contributed by atoms with Gasteiger partial charge in [-0.3, -0.25) is 4.79 Å². The van der Waals surface area contributed by atoms with Crippen LogP contribution in [0.5, 0.6) is 0 Å². The van der Waals surface area contributed by atoms with Crippen LogP contribution < -0.4 is 10.0 Å². The first-order chi connectivity index (χ1) is 10.8. The van der Waals surface area contributed by atoms with E-state index in [1.54, 1.807) is 36.4 Å². The van der Waals surface area contributed by atoms with E-state index in [-0.39, 0.29) is 4.90 Å². The molecule has 2 N–H and O–H groups in total. The minimum atomic E-state index is -3.75. The van der Waals surface area contributed by atoms with Crippen molar-refractivity contribution < 1.29 is 13.2 Å². The Bertz CT molecular complexity index is 807. The molecule has 0 saturated heterocycles. The van der Waals surface area contributed by atoms with Crippen LogP contribution in [0, 0.1) is 6.92 Å². The summed E-state index contributed by atoms with van der Waals surface area (Å²) in [7, 11) is -3.75. The monoisotopic (exact) mass is 352 g/mol. The molecule has 23 heavy (non-hydrogen) atoms. The third-order valence-electron chi connectivity index (χ3n) is 3.24. The molecule has 122 valence electrons. The zero-order chi connectivity index (χ0) is 17.0. The van der Waals surface area contributed by atoms with Crippen LogP contribution in [0.4, 0.5) is 5.69 Å². The molecule has 5 nitrogen and oxygen atoms in total. The Balaban J connectivity index is 2.10. The van der Waals surface area contributed by atoms with E-state index in [2.05, 4.69) is 10.0 Å². The van der Waals surface area contributed by atoms with Crippen LogP contribution in [-0.4, -0.2) is 20.4 Å². The van der Waals surface area contributed by atoms with Gasteiger partial charge in [0.1, 0.15) is 0 Å². The largest absolute Gasteiger partial charge is 0.324 e. The van der Waals surface area contributed by atoms with Gasteiger partial charge in [-0.1, -0.05) is 35.9 Å². The Hall–Kier alpha value is -1.89. The molecule has 2 rings (SSSR count). The van der Waals surface area contributed by atoms with Gasteiger partial charge >= 0.3 is 0 Å². The topological polar surface area (TPSA) is 75.3 Å². The van der Waals surface area contributed by atoms with Gasteiger partial charge in [0.2, 0.25) is 15.9 Å². The van der Waals surface area contributed by atoms with Crippen molar-refractivity contribution in [2.45, 2.75) is 24.8 Å². The number of halogens is 1. The summed E-state index contributed by atoms with van der Waals surface area (Å²) in [4.78, 5) is 12.3. The average Bonchev–Trinajstić information content (AvgIpc) is 2.51. The molecule has 2 aromatic rings. The maximum absolute atomic E-state index is 12.2. The number of amides is 1. The van der Waals surface area contributed by atoms with E-state index in [1.807, 2.05) is 6.92 Å². The molecule has 0 spiro atoms. The molecular formula is C16H17ClN2O3S. The summed E-state index contributed by atoms with van der Waals surface area (Å²) in [5.74, 6) is -0.463. The maximum Gasteiger partial charge on any atom is 0.242 e. The summed E-state index contributed by atoms with van der Waals surface area (Å²) in [6.45, 7) is 3.31. The summed E-state index contributed by atoms with van der Waals surface area (Å²) in [5.41, 5.74) is 1.38. The fraction of sp³-hybridized carbons (Fsp3) is 0.188. The van der Waals surface area contributed by atoms with Crippen LogP contribution >= 0.6 is 11.6 Å². The number of rotatable bonds is 5. The highest BCUT2D eigenvalue weighted by molar-refractivity contribution is 7.89. The molecular weight excluding hydrogens is 336 g/mol. The second-order valence-electron chi connectivity index (χ2n) is 5.10. The number of carbonyl (C=O) groups excluding carboxylic acids is 1. The summed E-state index contributed by atoms with van der Waals surface area (Å²) in [6.07, 6.45) is 0. The van der Waals surface area contributed by atoms with E-state index in [9.17, 15) is 13.2 Å². The van der Waals surface area contributed by atoms with Crippen molar-refractivity contribution in [3.8, 4) is 0 Å². The Labute approximate surface area is 140 Å². The van der Waals surface area contributed by atoms with Gasteiger partial charge in [0.15, 0.2) is 0 Å². The van der Waals surface area contributed by atoms with E-state index in [4.69, 9.17) is 11.6 Å². The number of sulfonamides is 1. The molecule has 0 bridgehead atoms. The summed E-state index contributed by atoms with van der Waals surface area (Å²) < 4.78 is 26.8. The molecule has 0 unspecified atom stereocenters. The quantitative estimate of drug-likeness (QED) is 0.868. The normalized spacial score (nSPS) is 12.7. The van der Waals surface area contributed by atoms with Crippen molar-refractivity contribution >= 4 is 33.2 Å². The van der Waals surface area contributed by atoms with Gasteiger partial charge in [-0.05, 0) is 43.7 Å². The van der Waals surface area contributed by atoms with Gasteiger partial charge in [0.25, 0.3) is 0 Å². The smallest absolute Gasteiger partial charge is 0.242 e. The van der Waals surface area contributed by atoms with Gasteiger partial charge < -0.3 is 5.32 Å². The number of hydrogen-bond donors (Lipinski definition) is 2. The number of nitrogens with one attached hydrogen (secondary N) is 2. The van der Waals surface area contributed by atoms with Gasteiger partial charge in [-0.15, -0.1) is 0 Å². The van der Waals surface area contributed by atoms with Gasteiger partial charge in [0, 0.05) is 10.7 Å². The molecule has 0 aliphatic heterocycles. The molecule has 0 aliphatic carbocycles. The lowest BCUT2D eigenvalue weighted by atomic mass is 10.2. The van der Waals surface area contributed by atoms with E-state index in [0.717, 1.165) is 5.56 Å². The number of aryl methyl sites for hydroxylation is 1. The van der Waals surface area contributed by atoms with Crippen molar-refractivity contribution in [1.29, 1.82) is 0 Å². The van der Waals surface area contributed by atoms with E-state index in [1.165, 1.54) is 19.1 Å². The van der Waals surface area contributed by atoms with Crippen LogP contribution in [0.25, 0.3) is 0 Å². The van der Waals surface area contributed by atoms with Crippen LogP contribution in [0.1, 0.15) is 12.5 Å². The van der Waals surface area contributed by atoms with E-state index in [0.29, 0.717) is 10.7 Å². The highest BCUT2D eigenvalue weighted by atomic mass is 35.5. The summed E-state index contributed by atoms with van der Waals surface area (Å²) in [5, 5.41) is 3.16. The van der Waals surface area contributed by atoms with Crippen LogP contribution in [0.3, 0.4) is 0 Å². The van der Waals surface area contributed by atoms with Crippen molar-refractivity contribution in [3.63, 3.8) is 0 Å². The fourth-order valence-corrected chi connectivity index (χ4v) is 3.32. The summed E-state index contributed by atoms with van der Waals surface area (Å²) >= 11 is 5.90. The zero-order valence-corrected chi connectivity index (χ0v) is 14.3. The third kappa shape index (κ3) is 4.54. The second-order valence-corrected chi connectivity index (χ2v) is 7.25. The third-order valence-corrected chi connectivity index (χ3v) is 5.03. The average molecular weight is 353 g/mol. The first kappa shape index (κ1) is 17.5. The predicted octanol–water partition coefficient (Wildman–Crippen LogP) is 2.95. The fourth-order valence-electron chi connectivity index (χ4n) is 1.92. The Morgan fingerprint density at radius 2 is 1.78 bits per heavy atom. The molecule has 0 heterocycles. The Morgan fingerprint density at radius 3 is 2.43 bits per heavy atom. The van der Waals surface area contributed by atoms with Gasteiger partial charge in [-0.2, -0.15) is 4.72 Å². The zero-order valence-electron chi connectivity index (χ0n) is 12.7. The number of hydrogen-bond acceptors (Lipinski definition) is 3. The summed E-state index contributed by atoms with van der Waals surface area (Å²) in [6, 6.07) is 12.1. The van der Waals surface area contributed by atoms with Crippen molar-refractivity contribution in [3.05, 3.63) is 59.1 Å². The van der Waals surface area contributed by atoms with Crippen molar-refractivity contribution in [2.75, 3.05) is 5.32 Å². The molecule has 0 saturated carbocycles. The molecule has 2 aromatic carbocycles. The Morgan fingerprint density at radius 1 is 1.13 bits per heavy atom. The first-order valence-corrected chi connectivity index (χ1v) is 8.80. The number of carbonyl (C=O) groups is 1.